The van der Waals surface area contributed by atoms with Gasteiger partial charge in [-0.3, -0.25) is 0 Å². The van der Waals surface area contributed by atoms with Crippen molar-refractivity contribution in [1.29, 1.82) is 0 Å². The van der Waals surface area contributed by atoms with Crippen LogP contribution < -0.4 is 5.73 Å². The minimum Gasteiger partial charge on any atom is -0.463 e. The van der Waals surface area contributed by atoms with Crippen LogP contribution in [-0.2, 0) is 12.7 Å². The quantitative estimate of drug-likeness (QED) is 0.806. The molecule has 0 spiro atoms. The fourth-order valence-corrected chi connectivity index (χ4v) is 2.55. The summed E-state index contributed by atoms with van der Waals surface area (Å²) in [6.45, 7) is 0.208. The van der Waals surface area contributed by atoms with Crippen LogP contribution in [0, 0.1) is 0 Å². The van der Waals surface area contributed by atoms with Crippen LogP contribution in [-0.4, -0.2) is 14.8 Å². The molecule has 3 rings (SSSR count). The summed E-state index contributed by atoms with van der Waals surface area (Å²) in [6.07, 6.45) is -3.16. The maximum atomic E-state index is 12.9. The van der Waals surface area contributed by atoms with E-state index in [-0.39, 0.29) is 18.0 Å². The van der Waals surface area contributed by atoms with Crippen LogP contribution in [0.4, 0.5) is 13.2 Å². The molecule has 0 bridgehead atoms. The van der Waals surface area contributed by atoms with E-state index in [2.05, 4.69) is 10.1 Å². The summed E-state index contributed by atoms with van der Waals surface area (Å²) in [4.78, 5) is 4.15. The number of furan rings is 1. The van der Waals surface area contributed by atoms with E-state index in [0.717, 1.165) is 22.1 Å². The zero-order valence-corrected chi connectivity index (χ0v) is 11.3. The number of hydrogen-bond donors (Lipinski definition) is 1. The van der Waals surface area contributed by atoms with Gasteiger partial charge in [-0.15, -0.1) is 11.3 Å². The average molecular weight is 314 g/mol. The number of halogens is 3. The summed E-state index contributed by atoms with van der Waals surface area (Å²) >= 11 is 1.16. The number of nitrogens with two attached hydrogens (primary N) is 1. The van der Waals surface area contributed by atoms with Crippen molar-refractivity contribution in [2.75, 3.05) is 0 Å². The Morgan fingerprint density at radius 1 is 1.38 bits per heavy atom. The van der Waals surface area contributed by atoms with Crippen LogP contribution >= 0.6 is 11.3 Å². The molecule has 0 aliphatic heterocycles. The van der Waals surface area contributed by atoms with E-state index in [9.17, 15) is 13.2 Å². The summed E-state index contributed by atoms with van der Waals surface area (Å²) in [7, 11) is 0. The van der Waals surface area contributed by atoms with Gasteiger partial charge in [-0.25, -0.2) is 9.67 Å². The molecule has 3 heterocycles. The van der Waals surface area contributed by atoms with Gasteiger partial charge in [0.1, 0.15) is 5.69 Å². The van der Waals surface area contributed by atoms with Crippen LogP contribution in [0.25, 0.3) is 16.6 Å². The van der Waals surface area contributed by atoms with Gasteiger partial charge >= 0.3 is 6.18 Å². The first kappa shape index (κ1) is 13.8. The number of rotatable bonds is 3. The summed E-state index contributed by atoms with van der Waals surface area (Å²) < 4.78 is 44.9. The van der Waals surface area contributed by atoms with Crippen molar-refractivity contribution < 1.29 is 17.6 Å². The lowest BCUT2D eigenvalue weighted by Crippen LogP contribution is -2.07. The number of aromatic nitrogens is 3. The largest absolute Gasteiger partial charge is 0.463 e. The Morgan fingerprint density at radius 2 is 2.19 bits per heavy atom. The smallest absolute Gasteiger partial charge is 0.435 e. The number of hydrogen-bond acceptors (Lipinski definition) is 5. The highest BCUT2D eigenvalue weighted by Gasteiger charge is 2.36. The lowest BCUT2D eigenvalue weighted by molar-refractivity contribution is -0.141. The molecule has 0 saturated heterocycles. The summed E-state index contributed by atoms with van der Waals surface area (Å²) in [5, 5.41) is 5.57. The van der Waals surface area contributed by atoms with Crippen molar-refractivity contribution in [3.05, 3.63) is 41.2 Å². The molecule has 0 fully saturated rings. The molecule has 0 saturated carbocycles. The van der Waals surface area contributed by atoms with Crippen LogP contribution in [0.1, 0.15) is 11.4 Å². The van der Waals surface area contributed by atoms with Crippen molar-refractivity contribution in [3.8, 4) is 16.6 Å². The molecule has 21 heavy (non-hydrogen) atoms. The lowest BCUT2D eigenvalue weighted by atomic mass is 10.3. The molecule has 0 aliphatic carbocycles. The predicted octanol–water partition coefficient (Wildman–Crippen LogP) is 3.07. The zero-order valence-electron chi connectivity index (χ0n) is 10.5. The van der Waals surface area contributed by atoms with Crippen LogP contribution in [0.2, 0.25) is 0 Å². The molecule has 0 aromatic carbocycles. The van der Waals surface area contributed by atoms with Gasteiger partial charge in [0.05, 0.1) is 12.0 Å². The monoisotopic (exact) mass is 314 g/mol. The van der Waals surface area contributed by atoms with E-state index < -0.39 is 11.9 Å². The highest BCUT2D eigenvalue weighted by atomic mass is 32.1. The van der Waals surface area contributed by atoms with Gasteiger partial charge in [-0.05, 0) is 12.1 Å². The van der Waals surface area contributed by atoms with Crippen LogP contribution in [0.3, 0.4) is 0 Å². The van der Waals surface area contributed by atoms with E-state index in [1.54, 1.807) is 17.5 Å². The molecule has 110 valence electrons. The molecule has 0 atom stereocenters. The number of thiazole rings is 1. The van der Waals surface area contributed by atoms with Gasteiger partial charge in [0, 0.05) is 18.0 Å². The SMILES string of the molecule is NCc1csc(-n2nc(C(F)(F)F)cc2-c2ccco2)n1. The normalized spacial score (nSPS) is 12.0. The Morgan fingerprint density at radius 3 is 2.76 bits per heavy atom. The summed E-state index contributed by atoms with van der Waals surface area (Å²) in [6, 6.07) is 4.08. The Bertz CT molecular complexity index is 745. The molecule has 9 heteroatoms. The first-order valence-corrected chi connectivity index (χ1v) is 6.73. The molecule has 0 aliphatic rings. The fraction of sp³-hybridized carbons (Fsp3) is 0.167. The molecule has 3 aromatic rings. The third-order valence-corrected chi connectivity index (χ3v) is 3.57. The molecule has 3 aromatic heterocycles. The van der Waals surface area contributed by atoms with Gasteiger partial charge in [0.25, 0.3) is 0 Å². The highest BCUT2D eigenvalue weighted by Crippen LogP contribution is 2.33. The second kappa shape index (κ2) is 5.01. The van der Waals surface area contributed by atoms with E-state index >= 15 is 0 Å². The predicted molar refractivity (Wildman–Crippen MR) is 69.8 cm³/mol. The Balaban J connectivity index is 2.15. The third-order valence-electron chi connectivity index (χ3n) is 2.70. The van der Waals surface area contributed by atoms with Gasteiger partial charge in [-0.1, -0.05) is 0 Å². The zero-order chi connectivity index (χ0) is 15.0. The Hall–Kier alpha value is -2.13. The maximum Gasteiger partial charge on any atom is 0.435 e. The second-order valence-electron chi connectivity index (χ2n) is 4.13. The maximum absolute atomic E-state index is 12.9. The summed E-state index contributed by atoms with van der Waals surface area (Å²) in [5.74, 6) is 0.280. The fourth-order valence-electron chi connectivity index (χ4n) is 1.75. The summed E-state index contributed by atoms with van der Waals surface area (Å²) in [5.41, 5.74) is 5.24. The van der Waals surface area contributed by atoms with E-state index in [0.29, 0.717) is 10.8 Å². The molecule has 0 radical (unpaired) electrons. The van der Waals surface area contributed by atoms with E-state index in [1.807, 2.05) is 0 Å². The average Bonchev–Trinajstić information content (AvgIpc) is 3.16. The lowest BCUT2D eigenvalue weighted by Gasteiger charge is -2.01. The van der Waals surface area contributed by atoms with Crippen LogP contribution in [0.5, 0.6) is 0 Å². The highest BCUT2D eigenvalue weighted by molar-refractivity contribution is 7.12. The van der Waals surface area contributed by atoms with E-state index in [4.69, 9.17) is 10.2 Å². The molecular weight excluding hydrogens is 305 g/mol. The van der Waals surface area contributed by atoms with Crippen molar-refractivity contribution in [1.82, 2.24) is 14.8 Å². The minimum atomic E-state index is -4.54. The van der Waals surface area contributed by atoms with Gasteiger partial charge in [0.15, 0.2) is 11.5 Å². The first-order valence-electron chi connectivity index (χ1n) is 5.85. The molecule has 0 unspecified atom stereocenters. The number of nitrogens with zero attached hydrogens (tertiary/aromatic N) is 3. The van der Waals surface area contributed by atoms with Gasteiger partial charge in [-0.2, -0.15) is 18.3 Å². The van der Waals surface area contributed by atoms with Crippen LogP contribution in [0.15, 0.2) is 34.3 Å². The van der Waals surface area contributed by atoms with Gasteiger partial charge < -0.3 is 10.2 Å². The van der Waals surface area contributed by atoms with Crippen molar-refractivity contribution in [2.45, 2.75) is 12.7 Å². The molecule has 2 N–H and O–H groups in total. The third kappa shape index (κ3) is 2.57. The second-order valence-corrected chi connectivity index (χ2v) is 4.96. The van der Waals surface area contributed by atoms with Crippen molar-refractivity contribution in [3.63, 3.8) is 0 Å². The van der Waals surface area contributed by atoms with Gasteiger partial charge in [0.2, 0.25) is 5.13 Å². The number of alkyl halides is 3. The molecule has 5 nitrogen and oxygen atoms in total. The Labute approximate surface area is 120 Å². The first-order chi connectivity index (χ1) is 9.99. The molecular formula is C12H9F3N4OS. The Kier molecular flexibility index (Phi) is 3.30. The molecule has 0 amide bonds. The standard InChI is InChI=1S/C12H9F3N4OS/c13-12(14,15)10-4-8(9-2-1-3-20-9)19(18-10)11-17-7(5-16)6-21-11/h1-4,6H,5,16H2. The van der Waals surface area contributed by atoms with E-state index in [1.165, 1.54) is 6.26 Å². The minimum absolute atomic E-state index is 0.185. The van der Waals surface area contributed by atoms with Crippen molar-refractivity contribution in [2.24, 2.45) is 5.73 Å². The van der Waals surface area contributed by atoms with Crippen molar-refractivity contribution >= 4 is 11.3 Å². The topological polar surface area (TPSA) is 69.9 Å².